The van der Waals surface area contributed by atoms with E-state index in [4.69, 9.17) is 14.2 Å². The third-order valence-corrected chi connectivity index (χ3v) is 5.46. The van der Waals surface area contributed by atoms with Gasteiger partial charge < -0.3 is 19.1 Å². The minimum Gasteiger partial charge on any atom is -0.493 e. The summed E-state index contributed by atoms with van der Waals surface area (Å²) in [5, 5.41) is 0. The van der Waals surface area contributed by atoms with Gasteiger partial charge in [-0.05, 0) is 51.5 Å². The fraction of sp³-hybridized carbons (Fsp3) is 0.632. The van der Waals surface area contributed by atoms with E-state index in [2.05, 4.69) is 0 Å². The Morgan fingerprint density at radius 3 is 2.37 bits per heavy atom. The van der Waals surface area contributed by atoms with Gasteiger partial charge in [-0.25, -0.2) is 13.2 Å². The molecule has 1 fully saturated rings. The van der Waals surface area contributed by atoms with Crippen LogP contribution in [0.3, 0.4) is 0 Å². The van der Waals surface area contributed by atoms with Gasteiger partial charge in [0.25, 0.3) is 0 Å². The van der Waals surface area contributed by atoms with Crippen LogP contribution < -0.4 is 4.74 Å². The van der Waals surface area contributed by atoms with E-state index in [1.165, 1.54) is 18.4 Å². The molecule has 1 aliphatic rings. The molecule has 152 valence electrons. The third kappa shape index (κ3) is 6.39. The number of piperidine rings is 1. The molecule has 0 saturated carbocycles. The molecule has 2 unspecified atom stereocenters. The second kappa shape index (κ2) is 8.48. The van der Waals surface area contributed by atoms with Gasteiger partial charge in [0.1, 0.15) is 11.4 Å². The number of hydrogen-bond donors (Lipinski definition) is 0. The molecule has 2 rings (SSSR count). The first-order chi connectivity index (χ1) is 12.5. The zero-order valence-corrected chi connectivity index (χ0v) is 17.4. The lowest BCUT2D eigenvalue weighted by atomic mass is 9.95. The molecular weight excluding hydrogens is 370 g/mol. The minimum atomic E-state index is -3.23. The van der Waals surface area contributed by atoms with Crippen molar-refractivity contribution in [3.8, 4) is 5.75 Å². The molecule has 0 N–H and O–H groups in total. The molecule has 8 heteroatoms. The minimum absolute atomic E-state index is 0.00847. The van der Waals surface area contributed by atoms with Gasteiger partial charge in [-0.2, -0.15) is 0 Å². The maximum absolute atomic E-state index is 12.3. The van der Waals surface area contributed by atoms with Gasteiger partial charge in [0, 0.05) is 32.4 Å². The van der Waals surface area contributed by atoms with Crippen LogP contribution in [-0.4, -0.2) is 64.2 Å². The Bertz CT molecular complexity index is 738. The molecule has 1 amide bonds. The number of amides is 1. The molecule has 1 aromatic rings. The van der Waals surface area contributed by atoms with Crippen LogP contribution in [0.15, 0.2) is 29.2 Å². The molecule has 1 aliphatic heterocycles. The largest absolute Gasteiger partial charge is 0.493 e. The van der Waals surface area contributed by atoms with Crippen molar-refractivity contribution in [3.63, 3.8) is 0 Å². The second-order valence-electron chi connectivity index (χ2n) is 7.80. The van der Waals surface area contributed by atoms with Crippen molar-refractivity contribution in [3.05, 3.63) is 24.3 Å². The maximum Gasteiger partial charge on any atom is 0.410 e. The topological polar surface area (TPSA) is 82.1 Å². The summed E-state index contributed by atoms with van der Waals surface area (Å²) in [6.45, 7) is 6.94. The standard InChI is InChI=1S/C19H29NO6S/c1-19(2,3)26-18(21)20-11-10-17(24-4)14(12-20)13-25-15-6-8-16(9-7-15)27(5,22)23/h6-9,14,17H,10-13H2,1-5H3. The van der Waals surface area contributed by atoms with Gasteiger partial charge in [-0.3, -0.25) is 0 Å². The van der Waals surface area contributed by atoms with E-state index in [9.17, 15) is 13.2 Å². The van der Waals surface area contributed by atoms with Gasteiger partial charge in [0.2, 0.25) is 0 Å². The molecule has 0 radical (unpaired) electrons. The Hall–Kier alpha value is -1.80. The average molecular weight is 400 g/mol. The first-order valence-corrected chi connectivity index (χ1v) is 10.8. The van der Waals surface area contributed by atoms with Crippen LogP contribution in [-0.2, 0) is 19.3 Å². The molecule has 1 heterocycles. The molecule has 2 atom stereocenters. The summed E-state index contributed by atoms with van der Waals surface area (Å²) in [7, 11) is -1.58. The van der Waals surface area contributed by atoms with Crippen LogP contribution in [0.1, 0.15) is 27.2 Å². The fourth-order valence-electron chi connectivity index (χ4n) is 2.96. The number of carbonyl (C=O) groups is 1. The molecule has 1 aromatic carbocycles. The summed E-state index contributed by atoms with van der Waals surface area (Å²) in [5.41, 5.74) is -0.539. The monoisotopic (exact) mass is 399 g/mol. The van der Waals surface area contributed by atoms with Crippen molar-refractivity contribution in [2.24, 2.45) is 5.92 Å². The zero-order valence-electron chi connectivity index (χ0n) is 16.6. The summed E-state index contributed by atoms with van der Waals surface area (Å²) >= 11 is 0. The van der Waals surface area contributed by atoms with Gasteiger partial charge in [-0.1, -0.05) is 0 Å². The van der Waals surface area contributed by atoms with Crippen molar-refractivity contribution < 1.29 is 27.4 Å². The third-order valence-electron chi connectivity index (χ3n) is 4.33. The number of likely N-dealkylation sites (tertiary alicyclic amines) is 1. The fourth-order valence-corrected chi connectivity index (χ4v) is 3.59. The Labute approximate surface area is 161 Å². The molecule has 1 saturated heterocycles. The van der Waals surface area contributed by atoms with Crippen LogP contribution in [0.2, 0.25) is 0 Å². The summed E-state index contributed by atoms with van der Waals surface area (Å²) in [4.78, 5) is 14.3. The van der Waals surface area contributed by atoms with Crippen LogP contribution in [0, 0.1) is 5.92 Å². The number of nitrogens with zero attached hydrogens (tertiary/aromatic N) is 1. The number of sulfone groups is 1. The van der Waals surface area contributed by atoms with Gasteiger partial charge in [-0.15, -0.1) is 0 Å². The van der Waals surface area contributed by atoms with Crippen LogP contribution >= 0.6 is 0 Å². The van der Waals surface area contributed by atoms with Crippen LogP contribution in [0.5, 0.6) is 5.75 Å². The lowest BCUT2D eigenvalue weighted by Gasteiger charge is -2.38. The maximum atomic E-state index is 12.3. The molecule has 0 aromatic heterocycles. The normalized spacial score (nSPS) is 21.0. The van der Waals surface area contributed by atoms with Crippen molar-refractivity contribution in [2.75, 3.05) is 33.1 Å². The molecule has 0 aliphatic carbocycles. The summed E-state index contributed by atoms with van der Waals surface area (Å²) in [6.07, 6.45) is 1.52. The summed E-state index contributed by atoms with van der Waals surface area (Å²) in [5.74, 6) is 0.567. The van der Waals surface area contributed by atoms with Crippen molar-refractivity contribution in [2.45, 2.75) is 43.8 Å². The lowest BCUT2D eigenvalue weighted by molar-refractivity contribution is -0.0343. The smallest absolute Gasteiger partial charge is 0.410 e. The SMILES string of the molecule is COC1CCN(C(=O)OC(C)(C)C)CC1COc1ccc(S(C)(=O)=O)cc1. The second-order valence-corrected chi connectivity index (χ2v) is 9.82. The van der Waals surface area contributed by atoms with E-state index in [-0.39, 0.29) is 23.0 Å². The molecule has 27 heavy (non-hydrogen) atoms. The number of benzene rings is 1. The number of methoxy groups -OCH3 is 1. The highest BCUT2D eigenvalue weighted by atomic mass is 32.2. The highest BCUT2D eigenvalue weighted by molar-refractivity contribution is 7.90. The highest BCUT2D eigenvalue weighted by Gasteiger charge is 2.34. The zero-order chi connectivity index (χ0) is 20.2. The van der Waals surface area contributed by atoms with Gasteiger partial charge in [0.05, 0.1) is 17.6 Å². The Kier molecular flexibility index (Phi) is 6.75. The van der Waals surface area contributed by atoms with Gasteiger partial charge >= 0.3 is 6.09 Å². The Balaban J connectivity index is 1.98. The number of ether oxygens (including phenoxy) is 3. The number of rotatable bonds is 5. The van der Waals surface area contributed by atoms with Crippen LogP contribution in [0.25, 0.3) is 0 Å². The highest BCUT2D eigenvalue weighted by Crippen LogP contribution is 2.24. The van der Waals surface area contributed by atoms with Crippen molar-refractivity contribution >= 4 is 15.9 Å². The Morgan fingerprint density at radius 1 is 1.22 bits per heavy atom. The predicted octanol–water partition coefficient (Wildman–Crippen LogP) is 2.74. The summed E-state index contributed by atoms with van der Waals surface area (Å²) < 4.78 is 39.9. The summed E-state index contributed by atoms with van der Waals surface area (Å²) in [6, 6.07) is 6.30. The van der Waals surface area contributed by atoms with E-state index in [1.54, 1.807) is 24.1 Å². The number of hydrogen-bond acceptors (Lipinski definition) is 6. The van der Waals surface area contributed by atoms with E-state index < -0.39 is 15.4 Å². The molecule has 0 spiro atoms. The lowest BCUT2D eigenvalue weighted by Crippen LogP contribution is -2.49. The van der Waals surface area contributed by atoms with E-state index in [0.717, 1.165) is 0 Å². The first kappa shape index (κ1) is 21.5. The predicted molar refractivity (Wildman–Crippen MR) is 102 cm³/mol. The number of carbonyl (C=O) groups excluding carboxylic acids is 1. The molecular formula is C19H29NO6S. The van der Waals surface area contributed by atoms with E-state index in [1.807, 2.05) is 20.8 Å². The van der Waals surface area contributed by atoms with Crippen LogP contribution in [0.4, 0.5) is 4.79 Å². The van der Waals surface area contributed by atoms with E-state index >= 15 is 0 Å². The first-order valence-electron chi connectivity index (χ1n) is 8.93. The van der Waals surface area contributed by atoms with Crippen molar-refractivity contribution in [1.82, 2.24) is 4.90 Å². The van der Waals surface area contributed by atoms with Gasteiger partial charge in [0.15, 0.2) is 9.84 Å². The molecule has 7 nitrogen and oxygen atoms in total. The average Bonchev–Trinajstić information content (AvgIpc) is 2.57. The van der Waals surface area contributed by atoms with Crippen molar-refractivity contribution in [1.29, 1.82) is 0 Å². The Morgan fingerprint density at radius 2 is 1.85 bits per heavy atom. The molecule has 0 bridgehead atoms. The van der Waals surface area contributed by atoms with E-state index in [0.29, 0.717) is 31.9 Å². The quantitative estimate of drug-likeness (QED) is 0.757.